The van der Waals surface area contributed by atoms with Crippen LogP contribution in [0.5, 0.6) is 0 Å². The van der Waals surface area contributed by atoms with Crippen LogP contribution >= 0.6 is 0 Å². The second-order valence-electron chi connectivity index (χ2n) is 6.31. The molecule has 0 unspecified atom stereocenters. The number of aromatic nitrogens is 1. The van der Waals surface area contributed by atoms with Crippen LogP contribution in [0.4, 0.5) is 13.2 Å². The minimum absolute atomic E-state index is 0.203. The predicted molar refractivity (Wildman–Crippen MR) is 85.6 cm³/mol. The first kappa shape index (κ1) is 16.3. The molecule has 2 heterocycles. The average molecular weight is 325 g/mol. The maximum absolute atomic E-state index is 13.0. The van der Waals surface area contributed by atoms with Crippen LogP contribution in [0.25, 0.3) is 10.9 Å². The van der Waals surface area contributed by atoms with Crippen molar-refractivity contribution in [1.29, 1.82) is 0 Å². The molecule has 1 N–H and O–H groups in total. The summed E-state index contributed by atoms with van der Waals surface area (Å²) in [7, 11) is 2.13. The standard InChI is InChI=1S/C17H22F3N3/c1-22-8-10-23(11-9-22)7-3-5-14-12-13-4-2-6-15(16(13)21-14)17(18,19)20/h2,4,6,12,21H,3,5,7-11H2,1H3. The number of hydrogen-bond donors (Lipinski definition) is 1. The van der Waals surface area contributed by atoms with Crippen LogP contribution in [-0.2, 0) is 12.6 Å². The fourth-order valence-corrected chi connectivity index (χ4v) is 3.15. The number of aromatic amines is 1. The van der Waals surface area contributed by atoms with Gasteiger partial charge in [0.25, 0.3) is 0 Å². The quantitative estimate of drug-likeness (QED) is 0.931. The SMILES string of the molecule is CN1CCN(CCCc2cc3cccc(C(F)(F)F)c3[nH]2)CC1. The molecule has 0 amide bonds. The van der Waals surface area contributed by atoms with E-state index >= 15 is 0 Å². The van der Waals surface area contributed by atoms with Gasteiger partial charge in [-0.15, -0.1) is 0 Å². The summed E-state index contributed by atoms with van der Waals surface area (Å²) in [5, 5.41) is 0.634. The Balaban J connectivity index is 1.63. The van der Waals surface area contributed by atoms with E-state index in [9.17, 15) is 13.2 Å². The van der Waals surface area contributed by atoms with Gasteiger partial charge in [0.05, 0.1) is 11.1 Å². The van der Waals surface area contributed by atoms with Gasteiger partial charge in [0.1, 0.15) is 0 Å². The fourth-order valence-electron chi connectivity index (χ4n) is 3.15. The van der Waals surface area contributed by atoms with Gasteiger partial charge in [0.2, 0.25) is 0 Å². The van der Waals surface area contributed by atoms with Gasteiger partial charge in [-0.2, -0.15) is 13.2 Å². The summed E-state index contributed by atoms with van der Waals surface area (Å²) >= 11 is 0. The van der Waals surface area contributed by atoms with Crippen molar-refractivity contribution in [3.63, 3.8) is 0 Å². The number of fused-ring (bicyclic) bond motifs is 1. The number of nitrogens with zero attached hydrogens (tertiary/aromatic N) is 2. The Morgan fingerprint density at radius 1 is 1.13 bits per heavy atom. The van der Waals surface area contributed by atoms with E-state index in [4.69, 9.17) is 0 Å². The molecule has 6 heteroatoms. The molecule has 3 rings (SSSR count). The lowest BCUT2D eigenvalue weighted by molar-refractivity contribution is -0.136. The first-order chi connectivity index (χ1) is 10.9. The Morgan fingerprint density at radius 3 is 2.57 bits per heavy atom. The van der Waals surface area contributed by atoms with E-state index < -0.39 is 11.7 Å². The normalized spacial score (nSPS) is 17.9. The van der Waals surface area contributed by atoms with Crippen molar-refractivity contribution >= 4 is 10.9 Å². The van der Waals surface area contributed by atoms with Gasteiger partial charge < -0.3 is 14.8 Å². The second kappa shape index (κ2) is 6.53. The minimum atomic E-state index is -4.32. The molecule has 0 spiro atoms. The number of hydrogen-bond acceptors (Lipinski definition) is 2. The third-order valence-electron chi connectivity index (χ3n) is 4.53. The number of alkyl halides is 3. The highest BCUT2D eigenvalue weighted by atomic mass is 19.4. The van der Waals surface area contributed by atoms with Gasteiger partial charge in [0, 0.05) is 37.3 Å². The highest BCUT2D eigenvalue weighted by Crippen LogP contribution is 2.34. The van der Waals surface area contributed by atoms with Crippen molar-refractivity contribution in [3.8, 4) is 0 Å². The summed E-state index contributed by atoms with van der Waals surface area (Å²) in [4.78, 5) is 7.70. The van der Waals surface area contributed by atoms with Crippen LogP contribution in [0.15, 0.2) is 24.3 Å². The Hall–Kier alpha value is -1.53. The maximum Gasteiger partial charge on any atom is 0.418 e. The molecular weight excluding hydrogens is 303 g/mol. The number of likely N-dealkylation sites (N-methyl/N-ethyl adjacent to an activating group) is 1. The first-order valence-corrected chi connectivity index (χ1v) is 8.02. The van der Waals surface area contributed by atoms with Crippen molar-refractivity contribution < 1.29 is 13.2 Å². The molecule has 1 fully saturated rings. The third-order valence-corrected chi connectivity index (χ3v) is 4.53. The van der Waals surface area contributed by atoms with Crippen molar-refractivity contribution in [1.82, 2.24) is 14.8 Å². The van der Waals surface area contributed by atoms with Gasteiger partial charge in [-0.3, -0.25) is 0 Å². The number of aryl methyl sites for hydroxylation is 1. The Kier molecular flexibility index (Phi) is 4.64. The summed E-state index contributed by atoms with van der Waals surface area (Å²) < 4.78 is 39.1. The number of halogens is 3. The van der Waals surface area contributed by atoms with Gasteiger partial charge in [-0.1, -0.05) is 12.1 Å². The van der Waals surface area contributed by atoms with E-state index in [0.29, 0.717) is 5.39 Å². The summed E-state index contributed by atoms with van der Waals surface area (Å²) in [6.45, 7) is 5.31. The topological polar surface area (TPSA) is 22.3 Å². The number of nitrogens with one attached hydrogen (secondary N) is 1. The van der Waals surface area contributed by atoms with E-state index in [2.05, 4.69) is 21.8 Å². The van der Waals surface area contributed by atoms with Crippen LogP contribution in [0.1, 0.15) is 17.7 Å². The number of rotatable bonds is 4. The van der Waals surface area contributed by atoms with Crippen molar-refractivity contribution in [2.75, 3.05) is 39.8 Å². The molecule has 23 heavy (non-hydrogen) atoms. The first-order valence-electron chi connectivity index (χ1n) is 8.02. The van der Waals surface area contributed by atoms with Crippen LogP contribution in [-0.4, -0.2) is 54.6 Å². The van der Waals surface area contributed by atoms with E-state index in [0.717, 1.165) is 57.3 Å². The molecule has 1 aromatic carbocycles. The second-order valence-corrected chi connectivity index (χ2v) is 6.31. The zero-order valence-electron chi connectivity index (χ0n) is 13.3. The van der Waals surface area contributed by atoms with Crippen LogP contribution in [0.2, 0.25) is 0 Å². The maximum atomic E-state index is 13.0. The van der Waals surface area contributed by atoms with Gasteiger partial charge in [-0.25, -0.2) is 0 Å². The van der Waals surface area contributed by atoms with E-state index in [-0.39, 0.29) is 5.52 Å². The van der Waals surface area contributed by atoms with Gasteiger partial charge in [-0.05, 0) is 38.6 Å². The molecule has 0 aliphatic carbocycles. The lowest BCUT2D eigenvalue weighted by Gasteiger charge is -2.32. The molecular formula is C17H22F3N3. The summed E-state index contributed by atoms with van der Waals surface area (Å²) in [6.07, 6.45) is -2.59. The molecule has 1 aromatic heterocycles. The molecule has 3 nitrogen and oxygen atoms in total. The lowest BCUT2D eigenvalue weighted by Crippen LogP contribution is -2.44. The minimum Gasteiger partial charge on any atom is -0.358 e. The Bertz CT molecular complexity index is 655. The third kappa shape index (κ3) is 3.87. The highest BCUT2D eigenvalue weighted by molar-refractivity contribution is 5.84. The zero-order valence-corrected chi connectivity index (χ0v) is 13.3. The van der Waals surface area contributed by atoms with E-state index in [1.807, 2.05) is 6.07 Å². The highest BCUT2D eigenvalue weighted by Gasteiger charge is 2.33. The molecule has 1 aliphatic heterocycles. The molecule has 1 aliphatic rings. The largest absolute Gasteiger partial charge is 0.418 e. The molecule has 1 saturated heterocycles. The van der Waals surface area contributed by atoms with Gasteiger partial charge in [0.15, 0.2) is 0 Å². The smallest absolute Gasteiger partial charge is 0.358 e. The summed E-state index contributed by atoms with van der Waals surface area (Å²) in [6, 6.07) is 6.17. The summed E-state index contributed by atoms with van der Waals surface area (Å²) in [5.74, 6) is 0. The van der Waals surface area contributed by atoms with Crippen molar-refractivity contribution in [2.45, 2.75) is 19.0 Å². The van der Waals surface area contributed by atoms with Crippen molar-refractivity contribution in [3.05, 3.63) is 35.5 Å². The molecule has 0 atom stereocenters. The van der Waals surface area contributed by atoms with Crippen LogP contribution < -0.4 is 0 Å². The molecule has 126 valence electrons. The number of H-pyrrole nitrogens is 1. The number of para-hydroxylation sites is 1. The average Bonchev–Trinajstić information content (AvgIpc) is 2.90. The van der Waals surface area contributed by atoms with Crippen LogP contribution in [0.3, 0.4) is 0 Å². The molecule has 0 saturated carbocycles. The van der Waals surface area contributed by atoms with Crippen LogP contribution in [0, 0.1) is 0 Å². The predicted octanol–water partition coefficient (Wildman–Crippen LogP) is 3.37. The lowest BCUT2D eigenvalue weighted by atomic mass is 10.1. The fraction of sp³-hybridized carbons (Fsp3) is 0.529. The monoisotopic (exact) mass is 325 g/mol. The summed E-state index contributed by atoms with van der Waals surface area (Å²) in [5.41, 5.74) is 0.501. The van der Waals surface area contributed by atoms with E-state index in [1.54, 1.807) is 6.07 Å². The number of piperazine rings is 1. The Morgan fingerprint density at radius 2 is 1.87 bits per heavy atom. The van der Waals surface area contributed by atoms with Gasteiger partial charge >= 0.3 is 6.18 Å². The Labute approximate surface area is 134 Å². The zero-order chi connectivity index (χ0) is 16.4. The number of benzene rings is 1. The van der Waals surface area contributed by atoms with Crippen molar-refractivity contribution in [2.24, 2.45) is 0 Å². The molecule has 0 bridgehead atoms. The van der Waals surface area contributed by atoms with E-state index in [1.165, 1.54) is 6.07 Å². The molecule has 2 aromatic rings. The molecule has 0 radical (unpaired) electrons.